The number of ether oxygens (including phenoxy) is 2. The predicted molar refractivity (Wildman–Crippen MR) is 237 cm³/mol. The van der Waals surface area contributed by atoms with Crippen LogP contribution >= 0.6 is 18.9 Å². The number of sulfonamides is 1. The number of nitriles is 1. The average molecular weight is 963 g/mol. The minimum atomic E-state index is -4.66. The zero-order valence-corrected chi connectivity index (χ0v) is 36.9. The number of thiophene rings is 1. The number of hydrogen-bond acceptors (Lipinski definition) is 15. The lowest BCUT2D eigenvalue weighted by atomic mass is 10.0. The molecule has 5 aromatic carbocycles. The highest BCUT2D eigenvalue weighted by molar-refractivity contribution is 7.92. The highest BCUT2D eigenvalue weighted by atomic mass is 32.2. The Hall–Kier alpha value is -7.21. The van der Waals surface area contributed by atoms with Crippen molar-refractivity contribution in [2.24, 2.45) is 0 Å². The van der Waals surface area contributed by atoms with Gasteiger partial charge in [0.15, 0.2) is 40.3 Å². The number of ketones is 1. The van der Waals surface area contributed by atoms with Crippen molar-refractivity contribution in [3.63, 3.8) is 0 Å². The van der Waals surface area contributed by atoms with Crippen LogP contribution in [0.2, 0.25) is 0 Å². The van der Waals surface area contributed by atoms with Gasteiger partial charge in [-0.15, -0.1) is 11.3 Å². The van der Waals surface area contributed by atoms with Crippen LogP contribution in [-0.2, 0) is 21.0 Å². The molecule has 1 unspecified atom stereocenters. The van der Waals surface area contributed by atoms with Crippen molar-refractivity contribution in [2.75, 3.05) is 32.6 Å². The summed E-state index contributed by atoms with van der Waals surface area (Å²) in [5, 5.41) is 53.2. The van der Waals surface area contributed by atoms with Gasteiger partial charge in [0.05, 0.1) is 18.8 Å². The van der Waals surface area contributed by atoms with E-state index in [0.717, 1.165) is 41.7 Å². The van der Waals surface area contributed by atoms with Gasteiger partial charge in [-0.05, 0) is 109 Å². The molecule has 0 radical (unpaired) electrons. The SMILES string of the molecule is N#Cc1ccc(OP(=O)(O)CNS(=O)(=O)c2cc3cc(CC(=O)c4ccc(OCCCNC(=O)c5ccc(O)c(O)c5)c(OCCCNC(=O)c5ccc(O)c(O)c5)c4)ccc3s2)cc1F. The molecule has 344 valence electrons. The number of benzene rings is 5. The Morgan fingerprint density at radius 3 is 1.92 bits per heavy atom. The lowest BCUT2D eigenvalue weighted by Gasteiger charge is -2.15. The summed E-state index contributed by atoms with van der Waals surface area (Å²) in [6.45, 7) is 0.533. The molecule has 0 saturated heterocycles. The molecule has 0 saturated carbocycles. The molecule has 18 nitrogen and oxygen atoms in total. The van der Waals surface area contributed by atoms with Gasteiger partial charge >= 0.3 is 7.60 Å². The van der Waals surface area contributed by atoms with Crippen molar-refractivity contribution in [2.45, 2.75) is 23.5 Å². The van der Waals surface area contributed by atoms with Crippen LogP contribution in [0.25, 0.3) is 10.1 Å². The van der Waals surface area contributed by atoms with Crippen LogP contribution in [0.3, 0.4) is 0 Å². The van der Waals surface area contributed by atoms with Crippen LogP contribution in [0, 0.1) is 17.1 Å². The second-order valence-electron chi connectivity index (χ2n) is 14.3. The summed E-state index contributed by atoms with van der Waals surface area (Å²) in [7, 11) is -9.01. The Balaban J connectivity index is 1.08. The highest BCUT2D eigenvalue weighted by Crippen LogP contribution is 2.42. The normalized spacial score (nSPS) is 12.1. The number of Topliss-reactive ketones (excluding diaryl/α,β-unsaturated/α-hetero) is 1. The summed E-state index contributed by atoms with van der Waals surface area (Å²) >= 11 is 0.877. The zero-order valence-electron chi connectivity index (χ0n) is 34.4. The standard InChI is InChI=1S/C44H40FN4O14PS2/c45-33-23-32(8-4-30(33)24-46)63-64(57,58)25-49-66(59,60)42-22-31-17-26(3-12-41(31)65-42)18-36(52)27-7-11-39(61-15-1-13-47-43(55)28-5-9-34(50)37(53)19-28)40(21-27)62-16-2-14-48-44(56)29-6-10-35(51)38(54)20-29/h3-12,17,19-23,49-51,53-54H,1-2,13-16,18,25H2,(H,47,55)(H,48,56)(H,57,58). The Kier molecular flexibility index (Phi) is 15.5. The molecular weight excluding hydrogens is 923 g/mol. The third-order valence-corrected chi connectivity index (χ3v) is 13.7. The van der Waals surface area contributed by atoms with Crippen LogP contribution in [0.15, 0.2) is 101 Å². The van der Waals surface area contributed by atoms with Gasteiger partial charge in [0.2, 0.25) is 0 Å². The van der Waals surface area contributed by atoms with Crippen molar-refractivity contribution in [1.82, 2.24) is 15.4 Å². The number of phenols is 4. The number of aromatic hydroxyl groups is 4. The van der Waals surface area contributed by atoms with Gasteiger partial charge in [0, 0.05) is 47.0 Å². The largest absolute Gasteiger partial charge is 0.504 e. The molecule has 0 aliphatic rings. The first-order valence-corrected chi connectivity index (χ1v) is 23.7. The van der Waals surface area contributed by atoms with Crippen LogP contribution in [-0.4, -0.2) is 83.9 Å². The van der Waals surface area contributed by atoms with E-state index in [9.17, 15) is 57.1 Å². The van der Waals surface area contributed by atoms with E-state index in [4.69, 9.17) is 19.3 Å². The molecule has 1 atom stereocenters. The van der Waals surface area contributed by atoms with E-state index in [-0.39, 0.29) is 93.7 Å². The number of carbonyl (C=O) groups is 3. The average Bonchev–Trinajstić information content (AvgIpc) is 3.72. The molecule has 66 heavy (non-hydrogen) atoms. The summed E-state index contributed by atoms with van der Waals surface area (Å²) in [4.78, 5) is 48.9. The fourth-order valence-corrected chi connectivity index (χ4v) is 9.96. The lowest BCUT2D eigenvalue weighted by Crippen LogP contribution is -2.25. The molecule has 6 rings (SSSR count). The summed E-state index contributed by atoms with van der Waals surface area (Å²) < 4.78 is 72.1. The van der Waals surface area contributed by atoms with E-state index in [1.165, 1.54) is 42.5 Å². The molecule has 0 bridgehead atoms. The van der Waals surface area contributed by atoms with E-state index < -0.39 is 53.0 Å². The van der Waals surface area contributed by atoms with Crippen molar-refractivity contribution < 1.29 is 71.1 Å². The molecule has 0 aliphatic carbocycles. The van der Waals surface area contributed by atoms with E-state index in [2.05, 4.69) is 10.6 Å². The quantitative estimate of drug-likeness (QED) is 0.0176. The summed E-state index contributed by atoms with van der Waals surface area (Å²) in [6.07, 6.45) is -0.494. The van der Waals surface area contributed by atoms with Gasteiger partial charge in [-0.3, -0.25) is 14.4 Å². The van der Waals surface area contributed by atoms with Gasteiger partial charge in [0.1, 0.15) is 28.1 Å². The van der Waals surface area contributed by atoms with Gasteiger partial charge in [-0.2, -0.15) is 9.98 Å². The van der Waals surface area contributed by atoms with E-state index >= 15 is 0 Å². The first-order chi connectivity index (χ1) is 31.4. The van der Waals surface area contributed by atoms with Gasteiger partial charge in [-0.25, -0.2) is 17.4 Å². The van der Waals surface area contributed by atoms with Crippen molar-refractivity contribution in [3.8, 4) is 46.3 Å². The number of hydrogen-bond donors (Lipinski definition) is 8. The maximum absolute atomic E-state index is 14.0. The monoisotopic (exact) mass is 962 g/mol. The van der Waals surface area contributed by atoms with Crippen LogP contribution in [0.5, 0.6) is 40.2 Å². The van der Waals surface area contributed by atoms with E-state index in [1.54, 1.807) is 30.3 Å². The molecular formula is C44H40FN4O14PS2. The van der Waals surface area contributed by atoms with Gasteiger partial charge in [0.25, 0.3) is 21.8 Å². The highest BCUT2D eigenvalue weighted by Gasteiger charge is 2.27. The molecule has 1 heterocycles. The number of rotatable bonds is 21. The smallest absolute Gasteiger partial charge is 0.391 e. The van der Waals surface area contributed by atoms with E-state index in [1.807, 2.05) is 4.72 Å². The van der Waals surface area contributed by atoms with Gasteiger partial charge in [-0.1, -0.05) is 6.07 Å². The fraction of sp³-hybridized carbons (Fsp3) is 0.182. The Labute approximate surface area is 380 Å². The third-order valence-electron chi connectivity index (χ3n) is 9.42. The molecule has 22 heteroatoms. The van der Waals surface area contributed by atoms with Crippen molar-refractivity contribution in [1.29, 1.82) is 5.26 Å². The first kappa shape index (κ1) is 48.3. The number of nitrogens with zero attached hydrogens (tertiary/aromatic N) is 1. The summed E-state index contributed by atoms with van der Waals surface area (Å²) in [6, 6.07) is 22.7. The zero-order chi connectivity index (χ0) is 47.6. The Morgan fingerprint density at radius 1 is 0.727 bits per heavy atom. The Morgan fingerprint density at radius 2 is 1.33 bits per heavy atom. The maximum Gasteiger partial charge on any atom is 0.391 e. The Bertz CT molecular complexity index is 3010. The van der Waals surface area contributed by atoms with Crippen molar-refractivity contribution >= 4 is 56.6 Å². The lowest BCUT2D eigenvalue weighted by molar-refractivity contribution is 0.0942. The number of halogens is 1. The number of fused-ring (bicyclic) bond motifs is 1. The van der Waals surface area contributed by atoms with E-state index in [0.29, 0.717) is 28.5 Å². The number of phenolic OH excluding ortho intramolecular Hbond substituents is 4. The van der Waals surface area contributed by atoms with Crippen LogP contribution in [0.4, 0.5) is 4.39 Å². The van der Waals surface area contributed by atoms with Gasteiger partial charge < -0.3 is 50.0 Å². The molecule has 2 amide bonds. The minimum Gasteiger partial charge on any atom is -0.504 e. The fourth-order valence-electron chi connectivity index (χ4n) is 6.04. The summed E-state index contributed by atoms with van der Waals surface area (Å²) in [5.41, 5.74) is 0.744. The van der Waals surface area contributed by atoms with Crippen LogP contribution in [0.1, 0.15) is 55.0 Å². The molecule has 0 aliphatic heterocycles. The first-order valence-electron chi connectivity index (χ1n) is 19.7. The predicted octanol–water partition coefficient (Wildman–Crippen LogP) is 6.06. The maximum atomic E-state index is 14.0. The molecule has 0 fully saturated rings. The second kappa shape index (κ2) is 21.2. The minimum absolute atomic E-state index is 0.0690. The molecule has 0 spiro atoms. The number of nitrogens with one attached hydrogen (secondary N) is 3. The van der Waals surface area contributed by atoms with Crippen LogP contribution < -0.4 is 29.4 Å². The van der Waals surface area contributed by atoms with Crippen molar-refractivity contribution in [3.05, 3.63) is 131 Å². The summed E-state index contributed by atoms with van der Waals surface area (Å²) in [5.74, 6) is -3.80. The molecule has 1 aromatic heterocycles. The molecule has 6 aromatic rings. The molecule has 8 N–H and O–H groups in total. The third kappa shape index (κ3) is 12.7. The topological polar surface area (TPSA) is 291 Å². The second-order valence-corrected chi connectivity index (χ2v) is 19.2. The number of amides is 2. The number of carbonyl (C=O) groups excluding carboxylic acids is 3.